The van der Waals surface area contributed by atoms with Crippen LogP contribution in [0.4, 0.5) is 0 Å². The van der Waals surface area contributed by atoms with Crippen LogP contribution in [-0.2, 0) is 26.1 Å². The maximum Gasteiger partial charge on any atom is 0.249 e. The molecule has 128 valence electrons. The van der Waals surface area contributed by atoms with Crippen LogP contribution in [0.25, 0.3) is 0 Å². The number of aryl methyl sites for hydroxylation is 1. The zero-order chi connectivity index (χ0) is 16.9. The third kappa shape index (κ3) is 5.30. The first-order valence-corrected chi connectivity index (χ1v) is 9.61. The van der Waals surface area contributed by atoms with E-state index in [2.05, 4.69) is 5.32 Å². The summed E-state index contributed by atoms with van der Waals surface area (Å²) in [6.45, 7) is 3.39. The highest BCUT2D eigenvalue weighted by Gasteiger charge is 2.24. The quantitative estimate of drug-likeness (QED) is 0.805. The fourth-order valence-electron chi connectivity index (χ4n) is 2.54. The highest BCUT2D eigenvalue weighted by molar-refractivity contribution is 7.88. The van der Waals surface area contributed by atoms with Gasteiger partial charge in [0.2, 0.25) is 15.9 Å². The van der Waals surface area contributed by atoms with E-state index >= 15 is 0 Å². The topological polar surface area (TPSA) is 75.7 Å². The molecule has 1 aromatic carbocycles. The summed E-state index contributed by atoms with van der Waals surface area (Å²) < 4.78 is 30.6. The van der Waals surface area contributed by atoms with E-state index < -0.39 is 16.1 Å². The molecule has 1 unspecified atom stereocenters. The third-order valence-electron chi connectivity index (χ3n) is 3.96. The Kier molecular flexibility index (Phi) is 6.15. The predicted octanol–water partition coefficient (Wildman–Crippen LogP) is 1.05. The molecule has 2 rings (SSSR count). The Morgan fingerprint density at radius 1 is 1.39 bits per heavy atom. The Labute approximate surface area is 137 Å². The molecule has 1 amide bonds. The first kappa shape index (κ1) is 17.9. The van der Waals surface area contributed by atoms with Crippen LogP contribution in [0.15, 0.2) is 24.3 Å². The van der Waals surface area contributed by atoms with Crippen LogP contribution in [0, 0.1) is 6.92 Å². The van der Waals surface area contributed by atoms with Crippen molar-refractivity contribution in [2.24, 2.45) is 0 Å². The van der Waals surface area contributed by atoms with Gasteiger partial charge in [0, 0.05) is 26.2 Å². The summed E-state index contributed by atoms with van der Waals surface area (Å²) in [6.07, 6.45) is 2.41. The van der Waals surface area contributed by atoms with Gasteiger partial charge in [-0.05, 0) is 30.9 Å². The minimum Gasteiger partial charge on any atom is -0.368 e. The minimum absolute atomic E-state index is 0.160. The van der Waals surface area contributed by atoms with Gasteiger partial charge in [-0.3, -0.25) is 4.79 Å². The number of hydrogen-bond acceptors (Lipinski definition) is 4. The van der Waals surface area contributed by atoms with Crippen molar-refractivity contribution in [1.82, 2.24) is 9.62 Å². The Morgan fingerprint density at radius 2 is 2.13 bits per heavy atom. The number of hydrogen-bond donors (Lipinski definition) is 1. The number of nitrogens with one attached hydrogen (secondary N) is 1. The van der Waals surface area contributed by atoms with Crippen LogP contribution >= 0.6 is 0 Å². The monoisotopic (exact) mass is 340 g/mol. The number of ether oxygens (including phenoxy) is 1. The smallest absolute Gasteiger partial charge is 0.249 e. The van der Waals surface area contributed by atoms with Gasteiger partial charge in [0.1, 0.15) is 6.10 Å². The Morgan fingerprint density at radius 3 is 2.74 bits per heavy atom. The molecule has 1 aliphatic heterocycles. The van der Waals surface area contributed by atoms with Crippen molar-refractivity contribution in [2.45, 2.75) is 32.4 Å². The lowest BCUT2D eigenvalue weighted by Crippen LogP contribution is -2.41. The second kappa shape index (κ2) is 7.90. The summed E-state index contributed by atoms with van der Waals surface area (Å²) in [4.78, 5) is 11.9. The standard InChI is InChI=1S/C16H24N2O4S/c1-13-6-3-4-7-14(13)12-18(23(2,20)21)10-9-17-16(19)15-8-5-11-22-15/h3-4,6-7,15H,5,8-12H2,1-2H3,(H,17,19). The molecular weight excluding hydrogens is 316 g/mol. The lowest BCUT2D eigenvalue weighted by molar-refractivity contribution is -0.130. The maximum atomic E-state index is 12.0. The molecule has 23 heavy (non-hydrogen) atoms. The van der Waals surface area contributed by atoms with E-state index in [0.29, 0.717) is 13.2 Å². The summed E-state index contributed by atoms with van der Waals surface area (Å²) in [5, 5.41) is 2.76. The molecule has 1 atom stereocenters. The van der Waals surface area contributed by atoms with Gasteiger partial charge in [-0.2, -0.15) is 4.31 Å². The SMILES string of the molecule is Cc1ccccc1CN(CCNC(=O)C1CCCO1)S(C)(=O)=O. The summed E-state index contributed by atoms with van der Waals surface area (Å²) >= 11 is 0. The molecule has 0 saturated carbocycles. The fraction of sp³-hybridized carbons (Fsp3) is 0.562. The molecule has 1 aliphatic rings. The molecular formula is C16H24N2O4S. The van der Waals surface area contributed by atoms with Gasteiger partial charge in [-0.1, -0.05) is 24.3 Å². The number of amides is 1. The molecule has 6 nitrogen and oxygen atoms in total. The van der Waals surface area contributed by atoms with Crippen molar-refractivity contribution < 1.29 is 17.9 Å². The van der Waals surface area contributed by atoms with E-state index in [1.54, 1.807) is 0 Å². The van der Waals surface area contributed by atoms with E-state index in [1.165, 1.54) is 10.6 Å². The summed E-state index contributed by atoms with van der Waals surface area (Å²) in [7, 11) is -3.35. The summed E-state index contributed by atoms with van der Waals surface area (Å²) in [6, 6.07) is 7.68. The Bertz CT molecular complexity index is 639. The number of nitrogens with zero attached hydrogens (tertiary/aromatic N) is 1. The molecule has 0 bridgehead atoms. The van der Waals surface area contributed by atoms with Crippen LogP contribution in [0.3, 0.4) is 0 Å². The van der Waals surface area contributed by atoms with Crippen molar-refractivity contribution in [3.8, 4) is 0 Å². The lowest BCUT2D eigenvalue weighted by Gasteiger charge is -2.21. The Hall–Kier alpha value is -1.44. The van der Waals surface area contributed by atoms with E-state index in [9.17, 15) is 13.2 Å². The van der Waals surface area contributed by atoms with Crippen LogP contribution < -0.4 is 5.32 Å². The van der Waals surface area contributed by atoms with E-state index in [1.807, 2.05) is 31.2 Å². The average molecular weight is 340 g/mol. The molecule has 0 radical (unpaired) electrons. The normalized spacial score (nSPS) is 18.3. The second-order valence-electron chi connectivity index (χ2n) is 5.82. The first-order valence-electron chi connectivity index (χ1n) is 7.77. The van der Waals surface area contributed by atoms with Gasteiger partial charge in [0.25, 0.3) is 0 Å². The van der Waals surface area contributed by atoms with Gasteiger partial charge >= 0.3 is 0 Å². The third-order valence-corrected chi connectivity index (χ3v) is 5.21. The molecule has 1 N–H and O–H groups in total. The second-order valence-corrected chi connectivity index (χ2v) is 7.80. The van der Waals surface area contributed by atoms with E-state index in [4.69, 9.17) is 4.74 Å². The Balaban J connectivity index is 1.92. The zero-order valence-corrected chi connectivity index (χ0v) is 14.4. The van der Waals surface area contributed by atoms with E-state index in [0.717, 1.165) is 24.0 Å². The molecule has 0 aliphatic carbocycles. The first-order chi connectivity index (χ1) is 10.9. The fourth-order valence-corrected chi connectivity index (χ4v) is 3.34. The number of carbonyl (C=O) groups excluding carboxylic acids is 1. The summed E-state index contributed by atoms with van der Waals surface area (Å²) in [5.41, 5.74) is 2.01. The van der Waals surface area contributed by atoms with E-state index in [-0.39, 0.29) is 19.0 Å². The van der Waals surface area contributed by atoms with Gasteiger partial charge < -0.3 is 10.1 Å². The van der Waals surface area contributed by atoms with Crippen molar-refractivity contribution in [1.29, 1.82) is 0 Å². The lowest BCUT2D eigenvalue weighted by atomic mass is 10.1. The van der Waals surface area contributed by atoms with Crippen LogP contribution in [-0.4, -0.2) is 50.7 Å². The van der Waals surface area contributed by atoms with Gasteiger partial charge in [-0.15, -0.1) is 0 Å². The van der Waals surface area contributed by atoms with Gasteiger partial charge in [-0.25, -0.2) is 8.42 Å². The van der Waals surface area contributed by atoms with Crippen molar-refractivity contribution in [2.75, 3.05) is 26.0 Å². The molecule has 1 saturated heterocycles. The zero-order valence-electron chi connectivity index (χ0n) is 13.6. The van der Waals surface area contributed by atoms with Crippen molar-refractivity contribution >= 4 is 15.9 Å². The number of sulfonamides is 1. The molecule has 0 spiro atoms. The number of benzene rings is 1. The van der Waals surface area contributed by atoms with Crippen LogP contribution in [0.2, 0.25) is 0 Å². The van der Waals surface area contributed by atoms with Crippen molar-refractivity contribution in [3.63, 3.8) is 0 Å². The van der Waals surface area contributed by atoms with Crippen LogP contribution in [0.5, 0.6) is 0 Å². The highest BCUT2D eigenvalue weighted by atomic mass is 32.2. The molecule has 0 aromatic heterocycles. The molecule has 7 heteroatoms. The van der Waals surface area contributed by atoms with Gasteiger partial charge in [0.15, 0.2) is 0 Å². The largest absolute Gasteiger partial charge is 0.368 e. The highest BCUT2D eigenvalue weighted by Crippen LogP contribution is 2.13. The molecule has 1 aromatic rings. The summed E-state index contributed by atoms with van der Waals surface area (Å²) in [5.74, 6) is -0.160. The van der Waals surface area contributed by atoms with Crippen molar-refractivity contribution in [3.05, 3.63) is 35.4 Å². The number of carbonyl (C=O) groups is 1. The maximum absolute atomic E-state index is 12.0. The molecule has 1 fully saturated rings. The van der Waals surface area contributed by atoms with Crippen LogP contribution in [0.1, 0.15) is 24.0 Å². The number of rotatable bonds is 7. The molecule has 1 heterocycles. The average Bonchev–Trinajstić information content (AvgIpc) is 3.01. The minimum atomic E-state index is -3.35. The van der Waals surface area contributed by atoms with Gasteiger partial charge in [0.05, 0.1) is 6.26 Å². The predicted molar refractivity (Wildman–Crippen MR) is 88.4 cm³/mol.